The molecule has 10 heteroatoms. The number of amides is 2. The molecule has 0 saturated carbocycles. The number of benzene rings is 1. The predicted octanol–water partition coefficient (Wildman–Crippen LogP) is 2.29. The van der Waals surface area contributed by atoms with Crippen LogP contribution in [0.15, 0.2) is 57.9 Å². The van der Waals surface area contributed by atoms with Crippen molar-refractivity contribution in [2.75, 3.05) is 40.4 Å². The third-order valence-corrected chi connectivity index (χ3v) is 5.96. The maximum absolute atomic E-state index is 12.7. The molecule has 1 fully saturated rings. The lowest BCUT2D eigenvalue weighted by Crippen LogP contribution is -2.50. The quantitative estimate of drug-likeness (QED) is 0.487. The fraction of sp³-hybridized carbons (Fsp3) is 0.360. The number of piperazine rings is 1. The van der Waals surface area contributed by atoms with Crippen LogP contribution in [-0.4, -0.2) is 71.8 Å². The average molecular weight is 481 g/mol. The molecule has 1 aromatic carbocycles. The molecule has 1 saturated heterocycles. The summed E-state index contributed by atoms with van der Waals surface area (Å²) in [6.45, 7) is 2.18. The van der Waals surface area contributed by atoms with E-state index in [-0.39, 0.29) is 17.4 Å². The van der Waals surface area contributed by atoms with Gasteiger partial charge in [0, 0.05) is 50.8 Å². The van der Waals surface area contributed by atoms with Crippen LogP contribution < -0.4 is 15.0 Å². The van der Waals surface area contributed by atoms with Gasteiger partial charge in [0.05, 0.1) is 26.2 Å². The van der Waals surface area contributed by atoms with Gasteiger partial charge in [-0.25, -0.2) is 4.68 Å². The maximum atomic E-state index is 12.7. The molecule has 2 amide bonds. The van der Waals surface area contributed by atoms with E-state index in [1.165, 1.54) is 17.0 Å². The van der Waals surface area contributed by atoms with E-state index in [4.69, 9.17) is 13.9 Å². The zero-order valence-electron chi connectivity index (χ0n) is 19.8. The average Bonchev–Trinajstić information content (AvgIpc) is 3.44. The Balaban J connectivity index is 1.31. The van der Waals surface area contributed by atoms with Crippen molar-refractivity contribution >= 4 is 11.8 Å². The predicted molar refractivity (Wildman–Crippen MR) is 127 cm³/mol. The summed E-state index contributed by atoms with van der Waals surface area (Å²) in [5.74, 6) is 1.31. The summed E-state index contributed by atoms with van der Waals surface area (Å²) in [4.78, 5) is 40.8. The Bertz CT molecular complexity index is 1230. The molecule has 0 N–H and O–H groups in total. The molecule has 0 radical (unpaired) electrons. The molecular weight excluding hydrogens is 452 g/mol. The van der Waals surface area contributed by atoms with Gasteiger partial charge in [0.2, 0.25) is 5.91 Å². The normalized spacial score (nSPS) is 13.5. The third kappa shape index (κ3) is 5.53. The van der Waals surface area contributed by atoms with Gasteiger partial charge in [-0.15, -0.1) is 0 Å². The van der Waals surface area contributed by atoms with E-state index in [9.17, 15) is 14.4 Å². The van der Waals surface area contributed by atoms with Gasteiger partial charge < -0.3 is 23.7 Å². The summed E-state index contributed by atoms with van der Waals surface area (Å²) >= 11 is 0. The molecular formula is C25H28N4O6. The van der Waals surface area contributed by atoms with Gasteiger partial charge in [-0.1, -0.05) is 0 Å². The van der Waals surface area contributed by atoms with E-state index in [1.54, 1.807) is 54.4 Å². The minimum atomic E-state index is -0.230. The fourth-order valence-electron chi connectivity index (χ4n) is 4.01. The standard InChI is InChI=1S/C25H28N4O6/c1-33-20-9-7-18(17-22(20)34-2)19-8-10-24(31)29(26-19)11-3-6-23(30)27-12-14-28(15-13-27)25(32)21-5-4-16-35-21/h4-5,7-10,16-17H,3,6,11-15H2,1-2H3. The van der Waals surface area contributed by atoms with E-state index >= 15 is 0 Å². The first-order valence-corrected chi connectivity index (χ1v) is 11.4. The van der Waals surface area contributed by atoms with Crippen LogP contribution >= 0.6 is 0 Å². The van der Waals surface area contributed by atoms with Crippen molar-refractivity contribution < 1.29 is 23.5 Å². The SMILES string of the molecule is COc1ccc(-c2ccc(=O)n(CCCC(=O)N3CCN(C(=O)c4ccco4)CC3)n2)cc1OC. The van der Waals surface area contributed by atoms with Crippen LogP contribution in [0.5, 0.6) is 11.5 Å². The summed E-state index contributed by atoms with van der Waals surface area (Å²) < 4.78 is 17.2. The van der Waals surface area contributed by atoms with Crippen LogP contribution in [0.2, 0.25) is 0 Å². The van der Waals surface area contributed by atoms with Gasteiger partial charge in [-0.05, 0) is 42.8 Å². The molecule has 0 bridgehead atoms. The molecule has 3 aromatic rings. The molecule has 184 valence electrons. The zero-order valence-corrected chi connectivity index (χ0v) is 19.8. The lowest BCUT2D eigenvalue weighted by molar-refractivity contribution is -0.132. The maximum Gasteiger partial charge on any atom is 0.289 e. The minimum Gasteiger partial charge on any atom is -0.493 e. The molecule has 35 heavy (non-hydrogen) atoms. The second-order valence-corrected chi connectivity index (χ2v) is 8.10. The lowest BCUT2D eigenvalue weighted by atomic mass is 10.1. The molecule has 0 atom stereocenters. The first-order valence-electron chi connectivity index (χ1n) is 11.4. The van der Waals surface area contributed by atoms with E-state index < -0.39 is 0 Å². The van der Waals surface area contributed by atoms with E-state index in [2.05, 4.69) is 5.10 Å². The number of carbonyl (C=O) groups excluding carboxylic acids is 2. The highest BCUT2D eigenvalue weighted by molar-refractivity contribution is 5.91. The molecule has 0 unspecified atom stereocenters. The van der Waals surface area contributed by atoms with Crippen molar-refractivity contribution in [2.45, 2.75) is 19.4 Å². The van der Waals surface area contributed by atoms with Crippen LogP contribution in [0.4, 0.5) is 0 Å². The number of furan rings is 1. The molecule has 0 spiro atoms. The molecule has 2 aromatic heterocycles. The van der Waals surface area contributed by atoms with Crippen molar-refractivity contribution in [3.8, 4) is 22.8 Å². The van der Waals surface area contributed by atoms with Gasteiger partial charge in [0.1, 0.15) is 0 Å². The van der Waals surface area contributed by atoms with Gasteiger partial charge in [0.25, 0.3) is 11.5 Å². The number of nitrogens with zero attached hydrogens (tertiary/aromatic N) is 4. The summed E-state index contributed by atoms with van der Waals surface area (Å²) in [5, 5.41) is 4.47. The van der Waals surface area contributed by atoms with E-state index in [0.29, 0.717) is 68.5 Å². The first-order chi connectivity index (χ1) is 17.0. The number of aromatic nitrogens is 2. The van der Waals surface area contributed by atoms with Crippen molar-refractivity contribution in [3.05, 3.63) is 64.8 Å². The summed E-state index contributed by atoms with van der Waals surface area (Å²) in [5.41, 5.74) is 1.18. The van der Waals surface area contributed by atoms with Gasteiger partial charge in [-0.2, -0.15) is 5.10 Å². The second kappa shape index (κ2) is 10.9. The summed E-state index contributed by atoms with van der Waals surface area (Å²) in [7, 11) is 3.13. The monoisotopic (exact) mass is 480 g/mol. The van der Waals surface area contributed by atoms with Gasteiger partial charge in [-0.3, -0.25) is 14.4 Å². The molecule has 0 aliphatic carbocycles. The van der Waals surface area contributed by atoms with Crippen LogP contribution in [-0.2, 0) is 11.3 Å². The number of hydrogen-bond donors (Lipinski definition) is 0. The highest BCUT2D eigenvalue weighted by Crippen LogP contribution is 2.31. The molecule has 3 heterocycles. The Morgan fingerprint density at radius 2 is 1.71 bits per heavy atom. The van der Waals surface area contributed by atoms with Crippen LogP contribution in [0, 0.1) is 0 Å². The number of ether oxygens (including phenoxy) is 2. The Kier molecular flexibility index (Phi) is 7.49. The number of methoxy groups -OCH3 is 2. The largest absolute Gasteiger partial charge is 0.493 e. The number of rotatable bonds is 8. The summed E-state index contributed by atoms with van der Waals surface area (Å²) in [6, 6.07) is 11.9. The Morgan fingerprint density at radius 3 is 2.40 bits per heavy atom. The second-order valence-electron chi connectivity index (χ2n) is 8.10. The van der Waals surface area contributed by atoms with Crippen LogP contribution in [0.3, 0.4) is 0 Å². The molecule has 10 nitrogen and oxygen atoms in total. The number of aryl methyl sites for hydroxylation is 1. The Labute approximate surface area is 202 Å². The van der Waals surface area contributed by atoms with Crippen molar-refractivity contribution in [1.29, 1.82) is 0 Å². The highest BCUT2D eigenvalue weighted by Gasteiger charge is 2.25. The molecule has 4 rings (SSSR count). The van der Waals surface area contributed by atoms with Crippen molar-refractivity contribution in [2.24, 2.45) is 0 Å². The summed E-state index contributed by atoms with van der Waals surface area (Å²) in [6.07, 6.45) is 2.24. The zero-order chi connectivity index (χ0) is 24.8. The molecule has 1 aliphatic rings. The minimum absolute atomic E-state index is 0.000748. The highest BCUT2D eigenvalue weighted by atomic mass is 16.5. The fourth-order valence-corrected chi connectivity index (χ4v) is 4.01. The lowest BCUT2D eigenvalue weighted by Gasteiger charge is -2.34. The Hall–Kier alpha value is -4.08. The topological polar surface area (TPSA) is 107 Å². The van der Waals surface area contributed by atoms with Crippen molar-refractivity contribution in [3.63, 3.8) is 0 Å². The molecule has 1 aliphatic heterocycles. The van der Waals surface area contributed by atoms with E-state index in [1.807, 2.05) is 6.07 Å². The smallest absolute Gasteiger partial charge is 0.289 e. The Morgan fingerprint density at radius 1 is 0.971 bits per heavy atom. The van der Waals surface area contributed by atoms with Gasteiger partial charge in [0.15, 0.2) is 17.3 Å². The third-order valence-electron chi connectivity index (χ3n) is 5.96. The van der Waals surface area contributed by atoms with Crippen LogP contribution in [0.1, 0.15) is 23.4 Å². The first kappa shape index (κ1) is 24.1. The van der Waals surface area contributed by atoms with E-state index in [0.717, 1.165) is 5.56 Å². The van der Waals surface area contributed by atoms with Crippen molar-refractivity contribution in [1.82, 2.24) is 19.6 Å². The van der Waals surface area contributed by atoms with Crippen LogP contribution in [0.25, 0.3) is 11.3 Å². The number of carbonyl (C=O) groups is 2. The van der Waals surface area contributed by atoms with Gasteiger partial charge >= 0.3 is 0 Å². The number of hydrogen-bond acceptors (Lipinski definition) is 7.